The zero-order valence-corrected chi connectivity index (χ0v) is 13.9. The number of nitrogens with one attached hydrogen (secondary N) is 1. The molecular weight excluding hydrogens is 265 g/mol. The first-order valence-electron chi connectivity index (χ1n) is 8.04. The van der Waals surface area contributed by atoms with Crippen LogP contribution < -0.4 is 5.32 Å². The predicted octanol–water partition coefficient (Wildman–Crippen LogP) is 4.05. The fourth-order valence-corrected chi connectivity index (χ4v) is 2.30. The van der Waals surface area contributed by atoms with Crippen molar-refractivity contribution in [3.63, 3.8) is 0 Å². The Bertz CT molecular complexity index is 379. The molecule has 1 unspecified atom stereocenters. The lowest BCUT2D eigenvalue weighted by atomic mass is 9.96. The van der Waals surface area contributed by atoms with E-state index < -0.39 is 0 Å². The van der Waals surface area contributed by atoms with Crippen LogP contribution in [0.2, 0.25) is 0 Å². The van der Waals surface area contributed by atoms with E-state index in [-0.39, 0.29) is 11.9 Å². The van der Waals surface area contributed by atoms with Crippen molar-refractivity contribution in [2.75, 3.05) is 19.7 Å². The fraction of sp³-hybridized carbons (Fsp3) is 0.667. The van der Waals surface area contributed by atoms with E-state index >= 15 is 0 Å². The van der Waals surface area contributed by atoms with E-state index in [0.29, 0.717) is 11.8 Å². The molecule has 1 atom stereocenters. The van der Waals surface area contributed by atoms with Crippen molar-refractivity contribution >= 4 is 0 Å². The Labute approximate surface area is 129 Å². The molecule has 0 saturated carbocycles. The third kappa shape index (κ3) is 8.18. The molecule has 2 nitrogen and oxygen atoms in total. The lowest BCUT2D eigenvalue weighted by molar-refractivity contribution is 0.0682. The molecule has 1 aromatic carbocycles. The molecule has 3 heteroatoms. The molecule has 1 rings (SSSR count). The van der Waals surface area contributed by atoms with Gasteiger partial charge in [0.05, 0.1) is 6.10 Å². The third-order valence-electron chi connectivity index (χ3n) is 3.43. The second kappa shape index (κ2) is 9.91. The molecule has 1 aromatic rings. The van der Waals surface area contributed by atoms with E-state index in [1.165, 1.54) is 0 Å². The van der Waals surface area contributed by atoms with Gasteiger partial charge in [-0.15, -0.1) is 0 Å². The molecule has 0 fully saturated rings. The van der Waals surface area contributed by atoms with Crippen LogP contribution in [0.5, 0.6) is 0 Å². The van der Waals surface area contributed by atoms with E-state index in [4.69, 9.17) is 4.74 Å². The molecule has 21 heavy (non-hydrogen) atoms. The summed E-state index contributed by atoms with van der Waals surface area (Å²) >= 11 is 0. The molecule has 0 bridgehead atoms. The zero-order valence-electron chi connectivity index (χ0n) is 13.9. The predicted molar refractivity (Wildman–Crippen MR) is 87.0 cm³/mol. The normalized spacial score (nSPS) is 13.1. The van der Waals surface area contributed by atoms with Gasteiger partial charge in [-0.05, 0) is 63.2 Å². The van der Waals surface area contributed by atoms with E-state index in [1.807, 2.05) is 26.0 Å². The van der Waals surface area contributed by atoms with Crippen molar-refractivity contribution in [1.82, 2.24) is 5.32 Å². The maximum atomic E-state index is 13.8. The van der Waals surface area contributed by atoms with Crippen molar-refractivity contribution in [3.8, 4) is 0 Å². The Balaban J connectivity index is 2.51. The van der Waals surface area contributed by atoms with Gasteiger partial charge in [0.15, 0.2) is 0 Å². The molecule has 1 N–H and O–H groups in total. The minimum atomic E-state index is -0.101. The first-order chi connectivity index (χ1) is 9.99. The standard InChI is InChI=1S/C18H30FNO/c1-14(2)12-20-13-16(9-10-21-15(3)4)11-17-7-5-6-8-18(17)19/h5-8,14-16,20H,9-13H2,1-4H3. The molecule has 0 heterocycles. The highest BCUT2D eigenvalue weighted by molar-refractivity contribution is 5.17. The van der Waals surface area contributed by atoms with Crippen LogP contribution in [0.1, 0.15) is 39.7 Å². The van der Waals surface area contributed by atoms with Gasteiger partial charge in [0, 0.05) is 6.61 Å². The number of halogens is 1. The minimum Gasteiger partial charge on any atom is -0.379 e. The lowest BCUT2D eigenvalue weighted by Gasteiger charge is -2.20. The van der Waals surface area contributed by atoms with Crippen LogP contribution >= 0.6 is 0 Å². The molecule has 0 aromatic heterocycles. The molecule has 0 aliphatic heterocycles. The van der Waals surface area contributed by atoms with Crippen LogP contribution in [-0.2, 0) is 11.2 Å². The van der Waals surface area contributed by atoms with Crippen molar-refractivity contribution in [1.29, 1.82) is 0 Å². The Morgan fingerprint density at radius 2 is 1.81 bits per heavy atom. The van der Waals surface area contributed by atoms with Crippen LogP contribution in [0, 0.1) is 17.7 Å². The van der Waals surface area contributed by atoms with Crippen LogP contribution in [-0.4, -0.2) is 25.8 Å². The van der Waals surface area contributed by atoms with Crippen molar-refractivity contribution in [2.24, 2.45) is 11.8 Å². The lowest BCUT2D eigenvalue weighted by Crippen LogP contribution is -2.28. The summed E-state index contributed by atoms with van der Waals surface area (Å²) in [6, 6.07) is 7.07. The molecule has 0 aliphatic carbocycles. The van der Waals surface area contributed by atoms with Gasteiger partial charge < -0.3 is 10.1 Å². The summed E-state index contributed by atoms with van der Waals surface area (Å²) in [6.07, 6.45) is 1.97. The van der Waals surface area contributed by atoms with Crippen LogP contribution in [0.15, 0.2) is 24.3 Å². The molecule has 0 amide bonds. The van der Waals surface area contributed by atoms with Crippen molar-refractivity contribution < 1.29 is 9.13 Å². The van der Waals surface area contributed by atoms with Gasteiger partial charge in [-0.3, -0.25) is 0 Å². The average molecular weight is 295 g/mol. The first kappa shape index (κ1) is 18.1. The summed E-state index contributed by atoms with van der Waals surface area (Å²) in [5.41, 5.74) is 0.804. The molecule has 120 valence electrons. The SMILES string of the molecule is CC(C)CNCC(CCOC(C)C)Cc1ccccc1F. The first-order valence-corrected chi connectivity index (χ1v) is 8.04. The summed E-state index contributed by atoms with van der Waals surface area (Å²) < 4.78 is 19.4. The Morgan fingerprint density at radius 1 is 1.10 bits per heavy atom. The maximum Gasteiger partial charge on any atom is 0.126 e. The third-order valence-corrected chi connectivity index (χ3v) is 3.43. The second-order valence-electron chi connectivity index (χ2n) is 6.42. The average Bonchev–Trinajstić information content (AvgIpc) is 2.40. The largest absolute Gasteiger partial charge is 0.379 e. The van der Waals surface area contributed by atoms with Gasteiger partial charge in [-0.1, -0.05) is 32.0 Å². The fourth-order valence-electron chi connectivity index (χ4n) is 2.30. The van der Waals surface area contributed by atoms with E-state index in [2.05, 4.69) is 19.2 Å². The molecule has 0 aliphatic rings. The van der Waals surface area contributed by atoms with Gasteiger partial charge in [0.25, 0.3) is 0 Å². The summed E-state index contributed by atoms with van der Waals surface area (Å²) in [4.78, 5) is 0. The second-order valence-corrected chi connectivity index (χ2v) is 6.42. The number of hydrogen-bond donors (Lipinski definition) is 1. The summed E-state index contributed by atoms with van der Waals surface area (Å²) in [5.74, 6) is 0.932. The topological polar surface area (TPSA) is 21.3 Å². The Kier molecular flexibility index (Phi) is 8.55. The van der Waals surface area contributed by atoms with Gasteiger partial charge in [0.2, 0.25) is 0 Å². The molecular formula is C18H30FNO. The quantitative estimate of drug-likeness (QED) is 0.703. The van der Waals surface area contributed by atoms with E-state index in [9.17, 15) is 4.39 Å². The van der Waals surface area contributed by atoms with Crippen molar-refractivity contribution in [3.05, 3.63) is 35.6 Å². The Hall–Kier alpha value is -0.930. The van der Waals surface area contributed by atoms with Crippen LogP contribution in [0.3, 0.4) is 0 Å². The maximum absolute atomic E-state index is 13.8. The van der Waals surface area contributed by atoms with Crippen LogP contribution in [0.25, 0.3) is 0 Å². The molecule has 0 radical (unpaired) electrons. The highest BCUT2D eigenvalue weighted by Crippen LogP contribution is 2.15. The highest BCUT2D eigenvalue weighted by Gasteiger charge is 2.13. The van der Waals surface area contributed by atoms with Crippen molar-refractivity contribution in [2.45, 2.75) is 46.6 Å². The number of benzene rings is 1. The summed E-state index contributed by atoms with van der Waals surface area (Å²) in [6.45, 7) is 11.1. The highest BCUT2D eigenvalue weighted by atomic mass is 19.1. The van der Waals surface area contributed by atoms with E-state index in [1.54, 1.807) is 12.1 Å². The van der Waals surface area contributed by atoms with Gasteiger partial charge in [-0.2, -0.15) is 0 Å². The monoisotopic (exact) mass is 295 g/mol. The van der Waals surface area contributed by atoms with Crippen LogP contribution in [0.4, 0.5) is 4.39 Å². The number of rotatable bonds is 10. The number of hydrogen-bond acceptors (Lipinski definition) is 2. The zero-order chi connectivity index (χ0) is 15.7. The summed E-state index contributed by atoms with van der Waals surface area (Å²) in [7, 11) is 0. The Morgan fingerprint density at radius 3 is 2.43 bits per heavy atom. The van der Waals surface area contributed by atoms with Gasteiger partial charge in [0.1, 0.15) is 5.82 Å². The number of ether oxygens (including phenoxy) is 1. The minimum absolute atomic E-state index is 0.101. The van der Waals surface area contributed by atoms with Gasteiger partial charge in [-0.25, -0.2) is 4.39 Å². The molecule has 0 saturated heterocycles. The summed E-state index contributed by atoms with van der Waals surface area (Å²) in [5, 5.41) is 3.48. The van der Waals surface area contributed by atoms with E-state index in [0.717, 1.165) is 38.1 Å². The smallest absolute Gasteiger partial charge is 0.126 e. The molecule has 0 spiro atoms. The van der Waals surface area contributed by atoms with Gasteiger partial charge >= 0.3 is 0 Å².